The summed E-state index contributed by atoms with van der Waals surface area (Å²) < 4.78 is 8.38. The Balaban J connectivity index is 0.000000791. The Kier molecular flexibility index (Phi) is 5.48. The van der Waals surface area contributed by atoms with Crippen LogP contribution in [0.2, 0.25) is 0 Å². The van der Waals surface area contributed by atoms with E-state index in [1.165, 1.54) is 24.3 Å². The predicted octanol–water partition coefficient (Wildman–Crippen LogP) is 0.962. The van der Waals surface area contributed by atoms with Crippen LogP contribution in [-0.2, 0) is 21.8 Å². The van der Waals surface area contributed by atoms with E-state index >= 15 is 0 Å². The normalized spacial score (nSPS) is 8.43. The molecule has 0 aliphatic carbocycles. The molecule has 0 aliphatic rings. The molecule has 0 saturated carbocycles. The van der Waals surface area contributed by atoms with Gasteiger partial charge < -0.3 is 10.2 Å². The molecule has 1 aromatic rings. The number of carboxylic acid groups (broad SMARTS) is 2. The number of hydrogen-bond donors (Lipinski definition) is 2. The Morgan fingerprint density at radius 1 is 0.857 bits per heavy atom. The van der Waals surface area contributed by atoms with Crippen molar-refractivity contribution in [2.24, 2.45) is 0 Å². The van der Waals surface area contributed by atoms with E-state index in [2.05, 4.69) is 0 Å². The van der Waals surface area contributed by atoms with Gasteiger partial charge in [-0.15, -0.1) is 0 Å². The van der Waals surface area contributed by atoms with Crippen LogP contribution in [0.25, 0.3) is 0 Å². The Bertz CT molecular complexity index is 299. The monoisotopic (exact) mass is 246 g/mol. The summed E-state index contributed by atoms with van der Waals surface area (Å²) in [7, 11) is 0. The molecule has 1 aromatic carbocycles. The molecule has 2 N–H and O–H groups in total. The van der Waals surface area contributed by atoms with Crippen molar-refractivity contribution in [3.8, 4) is 0 Å². The standard InChI is InChI=1S/C8H6O4.O.Zn/c9-7(10)5-1-2-6(4-3-5)8(11)12;;/h1-4H,(H,9,10)(H,11,12);;. The van der Waals surface area contributed by atoms with Crippen LogP contribution in [0.4, 0.5) is 0 Å². The predicted molar refractivity (Wildman–Crippen MR) is 41.0 cm³/mol. The van der Waals surface area contributed by atoms with Crippen LogP contribution in [0.1, 0.15) is 20.7 Å². The van der Waals surface area contributed by atoms with Crippen LogP contribution in [0.3, 0.4) is 0 Å². The zero-order chi connectivity index (χ0) is 11.1. The molecule has 14 heavy (non-hydrogen) atoms. The first-order chi connectivity index (χ1) is 6.61. The van der Waals surface area contributed by atoms with Crippen molar-refractivity contribution >= 4 is 11.9 Å². The van der Waals surface area contributed by atoms with Crippen LogP contribution in [-0.4, -0.2) is 22.2 Å². The number of benzene rings is 1. The van der Waals surface area contributed by atoms with Crippen LogP contribution in [0.15, 0.2) is 24.3 Å². The van der Waals surface area contributed by atoms with Crippen LogP contribution >= 0.6 is 0 Å². The summed E-state index contributed by atoms with van der Waals surface area (Å²) in [5.74, 6) is -2.13. The van der Waals surface area contributed by atoms with Gasteiger partial charge in [0.2, 0.25) is 0 Å². The van der Waals surface area contributed by atoms with Crippen LogP contribution < -0.4 is 0 Å². The minimum atomic E-state index is -1.06. The van der Waals surface area contributed by atoms with E-state index in [0.717, 1.165) is 0 Å². The molecule has 5 nitrogen and oxygen atoms in total. The van der Waals surface area contributed by atoms with Crippen molar-refractivity contribution in [1.29, 1.82) is 0 Å². The summed E-state index contributed by atoms with van der Waals surface area (Å²) >= 11 is 0.125. The van der Waals surface area contributed by atoms with E-state index in [1.807, 2.05) is 0 Å². The van der Waals surface area contributed by atoms with Crippen LogP contribution in [0, 0.1) is 0 Å². The van der Waals surface area contributed by atoms with E-state index in [9.17, 15) is 9.59 Å². The molecule has 0 unspecified atom stereocenters. The molecule has 0 fully saturated rings. The molecular formula is C8H6O5Zn. The van der Waals surface area contributed by atoms with E-state index in [1.54, 1.807) is 0 Å². The summed E-state index contributed by atoms with van der Waals surface area (Å²) in [4.78, 5) is 20.7. The van der Waals surface area contributed by atoms with E-state index in [-0.39, 0.29) is 29.4 Å². The third-order valence-electron chi connectivity index (χ3n) is 1.38. The maximum absolute atomic E-state index is 10.3. The third-order valence-corrected chi connectivity index (χ3v) is 1.38. The van der Waals surface area contributed by atoms with Gasteiger partial charge in [-0.25, -0.2) is 9.59 Å². The van der Waals surface area contributed by atoms with Gasteiger partial charge in [0.25, 0.3) is 0 Å². The van der Waals surface area contributed by atoms with Crippen molar-refractivity contribution in [3.63, 3.8) is 0 Å². The van der Waals surface area contributed by atoms with Gasteiger partial charge in [-0.3, -0.25) is 0 Å². The van der Waals surface area contributed by atoms with Gasteiger partial charge in [-0.1, -0.05) is 0 Å². The van der Waals surface area contributed by atoms with E-state index in [4.69, 9.17) is 13.8 Å². The van der Waals surface area contributed by atoms with E-state index in [0.29, 0.717) is 0 Å². The second-order valence-corrected chi connectivity index (χ2v) is 2.19. The Hall–Kier alpha value is -1.42. The zero-order valence-electron chi connectivity index (χ0n) is 7.14. The molecule has 0 aliphatic heterocycles. The fourth-order valence-corrected chi connectivity index (χ4v) is 0.755. The number of aromatic carboxylic acids is 2. The molecular weight excluding hydrogens is 241 g/mol. The van der Waals surface area contributed by atoms with Crippen molar-refractivity contribution in [3.05, 3.63) is 35.4 Å². The second kappa shape index (κ2) is 6.10. The van der Waals surface area contributed by atoms with Gasteiger partial charge in [0.05, 0.1) is 11.1 Å². The molecule has 70 valence electrons. The molecule has 0 atom stereocenters. The summed E-state index contributed by atoms with van der Waals surface area (Å²) in [6.45, 7) is 0. The molecule has 0 heterocycles. The van der Waals surface area contributed by atoms with Crippen molar-refractivity contribution in [2.45, 2.75) is 0 Å². The molecule has 0 spiro atoms. The quantitative estimate of drug-likeness (QED) is 0.760. The van der Waals surface area contributed by atoms with Crippen molar-refractivity contribution < 1.29 is 41.6 Å². The SMILES string of the molecule is O=C(O)c1ccc(C(=O)O)cc1.[O]=[Zn]. The molecule has 1 rings (SSSR count). The van der Waals surface area contributed by atoms with Crippen molar-refractivity contribution in [2.75, 3.05) is 0 Å². The molecule has 0 aromatic heterocycles. The average molecular weight is 248 g/mol. The third kappa shape index (κ3) is 3.53. The molecule has 0 amide bonds. The first-order valence-corrected chi connectivity index (χ1v) is 4.68. The van der Waals surface area contributed by atoms with Crippen LogP contribution in [0.5, 0.6) is 0 Å². The number of rotatable bonds is 2. The Labute approximate surface area is 89.3 Å². The second-order valence-electron chi connectivity index (χ2n) is 2.19. The maximum atomic E-state index is 10.3. The van der Waals surface area contributed by atoms with Gasteiger partial charge in [0, 0.05) is 0 Å². The molecule has 0 saturated heterocycles. The zero-order valence-corrected chi connectivity index (χ0v) is 10.1. The van der Waals surface area contributed by atoms with E-state index < -0.39 is 11.9 Å². The van der Waals surface area contributed by atoms with Gasteiger partial charge in [0.15, 0.2) is 0 Å². The first-order valence-electron chi connectivity index (χ1n) is 3.47. The number of carboxylic acids is 2. The molecule has 6 heteroatoms. The van der Waals surface area contributed by atoms with Crippen molar-refractivity contribution in [1.82, 2.24) is 0 Å². The Morgan fingerprint density at radius 2 is 1.07 bits per heavy atom. The van der Waals surface area contributed by atoms with Gasteiger partial charge in [-0.2, -0.15) is 0 Å². The van der Waals surface area contributed by atoms with Gasteiger partial charge in [-0.05, 0) is 24.3 Å². The Morgan fingerprint density at radius 3 is 1.21 bits per heavy atom. The summed E-state index contributed by atoms with van der Waals surface area (Å²) in [6.07, 6.45) is 0. The summed E-state index contributed by atoms with van der Waals surface area (Å²) in [6, 6.07) is 5.02. The molecule has 0 radical (unpaired) electrons. The average Bonchev–Trinajstić information content (AvgIpc) is 2.21. The molecule has 0 bridgehead atoms. The number of hydrogen-bond acceptors (Lipinski definition) is 3. The van der Waals surface area contributed by atoms with Gasteiger partial charge in [0.1, 0.15) is 0 Å². The fraction of sp³-hybridized carbons (Fsp3) is 0. The number of carbonyl (C=O) groups is 2. The summed E-state index contributed by atoms with van der Waals surface area (Å²) in [5.41, 5.74) is 0.167. The minimum absolute atomic E-state index is 0.0833. The fourth-order valence-electron chi connectivity index (χ4n) is 0.755. The summed E-state index contributed by atoms with van der Waals surface area (Å²) in [5, 5.41) is 16.9. The first kappa shape index (κ1) is 12.6. The van der Waals surface area contributed by atoms with Gasteiger partial charge >= 0.3 is 33.8 Å². The topological polar surface area (TPSA) is 91.7 Å².